The highest BCUT2D eigenvalue weighted by atomic mass is 16.3. The molecule has 1 unspecified atom stereocenters. The van der Waals surface area contributed by atoms with Crippen molar-refractivity contribution in [3.63, 3.8) is 0 Å². The first kappa shape index (κ1) is 18.2. The molecular formula is C16H33N3O2. The number of aliphatic hydroxyl groups is 1. The van der Waals surface area contributed by atoms with Crippen molar-refractivity contribution in [2.45, 2.75) is 52.5 Å². The Hall–Kier alpha value is -0.810. The van der Waals surface area contributed by atoms with Crippen LogP contribution in [0.3, 0.4) is 0 Å². The van der Waals surface area contributed by atoms with Gasteiger partial charge in [0.25, 0.3) is 0 Å². The van der Waals surface area contributed by atoms with Crippen LogP contribution in [0.4, 0.5) is 4.79 Å². The van der Waals surface area contributed by atoms with Gasteiger partial charge < -0.3 is 20.6 Å². The van der Waals surface area contributed by atoms with Gasteiger partial charge in [-0.2, -0.15) is 0 Å². The van der Waals surface area contributed by atoms with Crippen molar-refractivity contribution in [3.8, 4) is 0 Å². The largest absolute Gasteiger partial charge is 0.394 e. The van der Waals surface area contributed by atoms with Crippen LogP contribution >= 0.6 is 0 Å². The zero-order chi connectivity index (χ0) is 15.7. The smallest absolute Gasteiger partial charge is 0.315 e. The molecule has 0 aliphatic carbocycles. The molecule has 0 aromatic rings. The Morgan fingerprint density at radius 2 is 2.00 bits per heavy atom. The van der Waals surface area contributed by atoms with Gasteiger partial charge in [0.2, 0.25) is 0 Å². The highest BCUT2D eigenvalue weighted by molar-refractivity contribution is 5.74. The fraction of sp³-hybridized carbons (Fsp3) is 0.938. The summed E-state index contributed by atoms with van der Waals surface area (Å²) in [5, 5.41) is 15.1. The zero-order valence-electron chi connectivity index (χ0n) is 13.9. The van der Waals surface area contributed by atoms with Crippen molar-refractivity contribution in [2.24, 2.45) is 11.8 Å². The van der Waals surface area contributed by atoms with Gasteiger partial charge in [0.1, 0.15) is 0 Å². The quantitative estimate of drug-likeness (QED) is 0.640. The molecule has 1 rings (SSSR count). The molecule has 1 heterocycles. The molecule has 5 heteroatoms. The normalized spacial score (nSPS) is 18.7. The van der Waals surface area contributed by atoms with Gasteiger partial charge in [0.15, 0.2) is 0 Å². The lowest BCUT2D eigenvalue weighted by Gasteiger charge is -2.31. The highest BCUT2D eigenvalue weighted by Gasteiger charge is 2.19. The molecule has 1 fully saturated rings. The van der Waals surface area contributed by atoms with Crippen LogP contribution in [0.1, 0.15) is 46.5 Å². The van der Waals surface area contributed by atoms with Crippen LogP contribution < -0.4 is 10.6 Å². The molecule has 21 heavy (non-hydrogen) atoms. The second-order valence-electron chi connectivity index (χ2n) is 6.65. The number of nitrogens with one attached hydrogen (secondary N) is 2. The third-order valence-electron chi connectivity index (χ3n) is 4.11. The number of carbonyl (C=O) groups excluding carboxylic acids is 1. The van der Waals surface area contributed by atoms with Crippen LogP contribution in [0, 0.1) is 11.8 Å². The van der Waals surface area contributed by atoms with Crippen molar-refractivity contribution >= 4 is 6.03 Å². The van der Waals surface area contributed by atoms with Gasteiger partial charge in [-0.3, -0.25) is 0 Å². The maximum absolute atomic E-state index is 11.9. The zero-order valence-corrected chi connectivity index (χ0v) is 13.9. The Morgan fingerprint density at radius 3 is 2.52 bits per heavy atom. The van der Waals surface area contributed by atoms with Gasteiger partial charge in [-0.1, -0.05) is 20.8 Å². The molecule has 0 bridgehead atoms. The number of nitrogens with zero attached hydrogens (tertiary/aromatic N) is 1. The Labute approximate surface area is 129 Å². The molecule has 1 aliphatic rings. The van der Waals surface area contributed by atoms with E-state index in [-0.39, 0.29) is 18.7 Å². The molecule has 1 aliphatic heterocycles. The Morgan fingerprint density at radius 1 is 1.33 bits per heavy atom. The number of carbonyl (C=O) groups is 1. The molecule has 0 aromatic carbocycles. The summed E-state index contributed by atoms with van der Waals surface area (Å²) < 4.78 is 0. The first-order valence-corrected chi connectivity index (χ1v) is 8.42. The minimum absolute atomic E-state index is 0.000998. The van der Waals surface area contributed by atoms with Gasteiger partial charge >= 0.3 is 6.03 Å². The monoisotopic (exact) mass is 299 g/mol. The maximum atomic E-state index is 11.9. The second-order valence-corrected chi connectivity index (χ2v) is 6.65. The number of urea groups is 1. The number of hydrogen-bond donors (Lipinski definition) is 3. The molecule has 1 atom stereocenters. The summed E-state index contributed by atoms with van der Waals surface area (Å²) in [5.74, 6) is 1.05. The van der Waals surface area contributed by atoms with E-state index in [0.717, 1.165) is 38.9 Å². The van der Waals surface area contributed by atoms with E-state index in [0.29, 0.717) is 11.8 Å². The van der Waals surface area contributed by atoms with Crippen LogP contribution in [0.5, 0.6) is 0 Å². The SMILES string of the molecule is CCCN1CCC(CNC(=O)NC(CO)CC(C)C)CC1. The van der Waals surface area contributed by atoms with Crippen molar-refractivity contribution in [1.29, 1.82) is 0 Å². The van der Waals surface area contributed by atoms with Crippen LogP contribution in [0.15, 0.2) is 0 Å². The van der Waals surface area contributed by atoms with Crippen molar-refractivity contribution in [3.05, 3.63) is 0 Å². The Bertz CT molecular complexity index is 289. The first-order chi connectivity index (χ1) is 10.0. The topological polar surface area (TPSA) is 64.6 Å². The molecule has 5 nitrogen and oxygen atoms in total. The van der Waals surface area contributed by atoms with Crippen LogP contribution in [0.2, 0.25) is 0 Å². The molecular weight excluding hydrogens is 266 g/mol. The van der Waals surface area contributed by atoms with Crippen LogP contribution in [0.25, 0.3) is 0 Å². The predicted octanol–water partition coefficient (Wildman–Crippen LogP) is 1.81. The van der Waals surface area contributed by atoms with E-state index in [9.17, 15) is 9.90 Å². The van der Waals surface area contributed by atoms with Crippen molar-refractivity contribution in [1.82, 2.24) is 15.5 Å². The summed E-state index contributed by atoms with van der Waals surface area (Å²) in [5.41, 5.74) is 0. The lowest BCUT2D eigenvalue weighted by Crippen LogP contribution is -2.46. The number of hydrogen-bond acceptors (Lipinski definition) is 3. The van der Waals surface area contributed by atoms with E-state index in [1.807, 2.05) is 0 Å². The molecule has 3 N–H and O–H groups in total. The Kier molecular flexibility index (Phi) is 8.69. The minimum Gasteiger partial charge on any atom is -0.394 e. The lowest BCUT2D eigenvalue weighted by molar-refractivity contribution is 0.179. The molecule has 0 spiro atoms. The van der Waals surface area contributed by atoms with E-state index in [4.69, 9.17) is 0 Å². The van der Waals surface area contributed by atoms with Gasteiger partial charge in [-0.05, 0) is 57.2 Å². The maximum Gasteiger partial charge on any atom is 0.315 e. The number of likely N-dealkylation sites (tertiary alicyclic amines) is 1. The number of amides is 2. The second kappa shape index (κ2) is 10.0. The van der Waals surface area contributed by atoms with E-state index in [2.05, 4.69) is 36.3 Å². The van der Waals surface area contributed by atoms with Crippen LogP contribution in [-0.4, -0.2) is 54.9 Å². The summed E-state index contributed by atoms with van der Waals surface area (Å²) >= 11 is 0. The summed E-state index contributed by atoms with van der Waals surface area (Å²) in [6, 6.07) is -0.290. The number of piperidine rings is 1. The average Bonchev–Trinajstić information content (AvgIpc) is 2.45. The first-order valence-electron chi connectivity index (χ1n) is 8.42. The molecule has 1 saturated heterocycles. The van der Waals surface area contributed by atoms with Gasteiger partial charge in [0, 0.05) is 6.54 Å². The van der Waals surface area contributed by atoms with Gasteiger partial charge in [-0.15, -0.1) is 0 Å². The van der Waals surface area contributed by atoms with E-state index in [1.54, 1.807) is 0 Å². The lowest BCUT2D eigenvalue weighted by atomic mass is 9.97. The molecule has 0 saturated carbocycles. The van der Waals surface area contributed by atoms with Crippen molar-refractivity contribution in [2.75, 3.05) is 32.8 Å². The summed E-state index contributed by atoms with van der Waals surface area (Å²) in [6.07, 6.45) is 4.34. The predicted molar refractivity (Wildman–Crippen MR) is 86.3 cm³/mol. The fourth-order valence-electron chi connectivity index (χ4n) is 2.95. The van der Waals surface area contributed by atoms with Gasteiger partial charge in [0.05, 0.1) is 12.6 Å². The fourth-order valence-corrected chi connectivity index (χ4v) is 2.95. The minimum atomic E-state index is -0.148. The average molecular weight is 299 g/mol. The highest BCUT2D eigenvalue weighted by Crippen LogP contribution is 2.16. The standard InChI is InChI=1S/C16H33N3O2/c1-4-7-19-8-5-14(6-9-19)11-17-16(21)18-15(12-20)10-13(2)3/h13-15,20H,4-12H2,1-3H3,(H2,17,18,21). The summed E-state index contributed by atoms with van der Waals surface area (Å²) in [4.78, 5) is 14.4. The van der Waals surface area contributed by atoms with E-state index < -0.39 is 0 Å². The summed E-state index contributed by atoms with van der Waals surface area (Å²) in [6.45, 7) is 10.6. The summed E-state index contributed by atoms with van der Waals surface area (Å²) in [7, 11) is 0. The number of aliphatic hydroxyl groups excluding tert-OH is 1. The third kappa shape index (κ3) is 7.67. The van der Waals surface area contributed by atoms with E-state index >= 15 is 0 Å². The van der Waals surface area contributed by atoms with Crippen LogP contribution in [-0.2, 0) is 0 Å². The molecule has 2 amide bonds. The van der Waals surface area contributed by atoms with E-state index in [1.165, 1.54) is 13.0 Å². The molecule has 124 valence electrons. The van der Waals surface area contributed by atoms with Crippen molar-refractivity contribution < 1.29 is 9.90 Å². The Balaban J connectivity index is 2.18. The molecule has 0 radical (unpaired) electrons. The van der Waals surface area contributed by atoms with Gasteiger partial charge in [-0.25, -0.2) is 4.79 Å². The third-order valence-corrected chi connectivity index (χ3v) is 4.11. The number of rotatable bonds is 8. The molecule has 0 aromatic heterocycles.